The summed E-state index contributed by atoms with van der Waals surface area (Å²) in [4.78, 5) is 12.9. The van der Waals surface area contributed by atoms with Crippen LogP contribution in [-0.2, 0) is 6.54 Å². The van der Waals surface area contributed by atoms with Gasteiger partial charge in [0.1, 0.15) is 11.5 Å². The fraction of sp³-hybridized carbons (Fsp3) is 0.154. The molecule has 4 rings (SSSR count). The number of anilines is 1. The zero-order chi connectivity index (χ0) is 23.4. The number of aryl methyl sites for hydroxylation is 2. The van der Waals surface area contributed by atoms with Crippen LogP contribution in [0, 0.1) is 13.8 Å². The van der Waals surface area contributed by atoms with Gasteiger partial charge in [-0.2, -0.15) is 5.10 Å². The van der Waals surface area contributed by atoms with Crippen LogP contribution in [0.25, 0.3) is 0 Å². The van der Waals surface area contributed by atoms with Gasteiger partial charge in [0.15, 0.2) is 5.75 Å². The van der Waals surface area contributed by atoms with Crippen molar-refractivity contribution in [1.82, 2.24) is 9.78 Å². The minimum Gasteiger partial charge on any atom is -0.497 e. The Kier molecular flexibility index (Phi) is 6.66. The van der Waals surface area contributed by atoms with Gasteiger partial charge in [-0.1, -0.05) is 29.8 Å². The summed E-state index contributed by atoms with van der Waals surface area (Å²) in [5, 5.41) is 7.88. The van der Waals surface area contributed by atoms with Crippen LogP contribution < -0.4 is 14.8 Å². The molecule has 6 nitrogen and oxygen atoms in total. The first-order valence-electron chi connectivity index (χ1n) is 10.4. The van der Waals surface area contributed by atoms with Crippen LogP contribution in [0.15, 0.2) is 72.8 Å². The second-order valence-electron chi connectivity index (χ2n) is 7.66. The summed E-state index contributed by atoms with van der Waals surface area (Å²) < 4.78 is 13.2. The summed E-state index contributed by atoms with van der Waals surface area (Å²) in [6.45, 7) is 4.64. The van der Waals surface area contributed by atoms with Crippen LogP contribution in [0.4, 0.5) is 5.69 Å². The molecule has 0 unspecified atom stereocenters. The van der Waals surface area contributed by atoms with E-state index in [9.17, 15) is 4.79 Å². The van der Waals surface area contributed by atoms with Crippen molar-refractivity contribution in [1.29, 1.82) is 0 Å². The van der Waals surface area contributed by atoms with E-state index >= 15 is 0 Å². The Morgan fingerprint density at radius 1 is 1.00 bits per heavy atom. The highest BCUT2D eigenvalue weighted by Gasteiger charge is 2.13. The van der Waals surface area contributed by atoms with E-state index < -0.39 is 0 Å². The number of hydrogen-bond acceptors (Lipinski definition) is 4. The highest BCUT2D eigenvalue weighted by atomic mass is 35.5. The molecule has 1 aromatic heterocycles. The number of carbonyl (C=O) groups is 1. The van der Waals surface area contributed by atoms with E-state index in [1.54, 1.807) is 43.5 Å². The maximum atomic E-state index is 12.9. The lowest BCUT2D eigenvalue weighted by Crippen LogP contribution is -2.13. The second-order valence-corrected chi connectivity index (χ2v) is 8.09. The number of aromatic nitrogens is 2. The Hall–Kier alpha value is -3.77. The SMILES string of the molecule is COc1cccc(Oc2ccc(Cl)cc2NC(=O)c2ccc(Cn3nc(C)cc3C)cc2)c1. The number of amides is 1. The topological polar surface area (TPSA) is 65.4 Å². The van der Waals surface area contributed by atoms with Crippen LogP contribution >= 0.6 is 11.6 Å². The van der Waals surface area contributed by atoms with Crippen molar-refractivity contribution in [3.8, 4) is 17.2 Å². The molecule has 0 aliphatic carbocycles. The summed E-state index contributed by atoms with van der Waals surface area (Å²) in [6, 6.07) is 21.8. The van der Waals surface area contributed by atoms with Gasteiger partial charge in [0.2, 0.25) is 0 Å². The monoisotopic (exact) mass is 461 g/mol. The predicted octanol–water partition coefficient (Wildman–Crippen LogP) is 6.25. The Morgan fingerprint density at radius 2 is 1.76 bits per heavy atom. The van der Waals surface area contributed by atoms with Crippen LogP contribution in [0.2, 0.25) is 5.02 Å². The highest BCUT2D eigenvalue weighted by Crippen LogP contribution is 2.33. The number of carbonyl (C=O) groups excluding carboxylic acids is 1. The summed E-state index contributed by atoms with van der Waals surface area (Å²) in [7, 11) is 1.59. The van der Waals surface area contributed by atoms with Gasteiger partial charge in [-0.3, -0.25) is 9.48 Å². The zero-order valence-electron chi connectivity index (χ0n) is 18.6. The largest absolute Gasteiger partial charge is 0.497 e. The third kappa shape index (κ3) is 5.54. The molecule has 0 bridgehead atoms. The van der Waals surface area contributed by atoms with Crippen molar-refractivity contribution < 1.29 is 14.3 Å². The third-order valence-electron chi connectivity index (χ3n) is 5.11. The molecule has 0 spiro atoms. The molecule has 0 fully saturated rings. The van der Waals surface area contributed by atoms with E-state index in [0.29, 0.717) is 40.1 Å². The quantitative estimate of drug-likeness (QED) is 0.353. The molecule has 33 heavy (non-hydrogen) atoms. The molecular weight excluding hydrogens is 438 g/mol. The number of benzene rings is 3. The fourth-order valence-corrected chi connectivity index (χ4v) is 3.62. The lowest BCUT2D eigenvalue weighted by Gasteiger charge is -2.14. The number of ether oxygens (including phenoxy) is 2. The summed E-state index contributed by atoms with van der Waals surface area (Å²) >= 11 is 6.17. The standard InChI is InChI=1S/C26H24ClN3O3/c1-17-13-18(2)30(29-17)16-19-7-9-20(10-8-19)26(31)28-24-14-21(27)11-12-25(24)33-23-6-4-5-22(15-23)32-3/h4-15H,16H2,1-3H3,(H,28,31). The smallest absolute Gasteiger partial charge is 0.255 e. The third-order valence-corrected chi connectivity index (χ3v) is 5.35. The van der Waals surface area contributed by atoms with Gasteiger partial charge in [0.25, 0.3) is 5.91 Å². The molecule has 0 atom stereocenters. The molecule has 3 aromatic carbocycles. The zero-order valence-corrected chi connectivity index (χ0v) is 19.4. The van der Waals surface area contributed by atoms with Gasteiger partial charge in [0.05, 0.1) is 25.0 Å². The maximum Gasteiger partial charge on any atom is 0.255 e. The number of rotatable bonds is 7. The first-order valence-corrected chi connectivity index (χ1v) is 10.8. The second kappa shape index (κ2) is 9.79. The number of halogens is 1. The van der Waals surface area contributed by atoms with Crippen molar-refractivity contribution >= 4 is 23.2 Å². The van der Waals surface area contributed by atoms with E-state index in [2.05, 4.69) is 10.4 Å². The minimum absolute atomic E-state index is 0.259. The van der Waals surface area contributed by atoms with Crippen LogP contribution in [0.5, 0.6) is 17.2 Å². The van der Waals surface area contributed by atoms with Gasteiger partial charge < -0.3 is 14.8 Å². The molecule has 1 amide bonds. The number of nitrogens with zero attached hydrogens (tertiary/aromatic N) is 2. The molecule has 0 saturated carbocycles. The average molecular weight is 462 g/mol. The van der Waals surface area contributed by atoms with Crippen molar-refractivity contribution in [2.45, 2.75) is 20.4 Å². The molecule has 1 heterocycles. The van der Waals surface area contributed by atoms with Crippen LogP contribution in [0.3, 0.4) is 0 Å². The molecule has 7 heteroatoms. The van der Waals surface area contributed by atoms with E-state index in [1.807, 2.05) is 54.9 Å². The highest BCUT2D eigenvalue weighted by molar-refractivity contribution is 6.31. The average Bonchev–Trinajstić information content (AvgIpc) is 3.12. The normalized spacial score (nSPS) is 10.7. The minimum atomic E-state index is -0.259. The predicted molar refractivity (Wildman–Crippen MR) is 130 cm³/mol. The Morgan fingerprint density at radius 3 is 2.45 bits per heavy atom. The summed E-state index contributed by atoms with van der Waals surface area (Å²) in [6.07, 6.45) is 0. The molecule has 0 radical (unpaired) electrons. The van der Waals surface area contributed by atoms with Gasteiger partial charge in [0, 0.05) is 22.3 Å². The molecule has 168 valence electrons. The molecular formula is C26H24ClN3O3. The number of nitrogens with one attached hydrogen (secondary N) is 1. The van der Waals surface area contributed by atoms with Gasteiger partial charge in [-0.25, -0.2) is 0 Å². The number of methoxy groups -OCH3 is 1. The van der Waals surface area contributed by atoms with Crippen molar-refractivity contribution in [3.63, 3.8) is 0 Å². The fourth-order valence-electron chi connectivity index (χ4n) is 3.44. The first-order chi connectivity index (χ1) is 15.9. The van der Waals surface area contributed by atoms with Crippen molar-refractivity contribution in [2.24, 2.45) is 0 Å². The van der Waals surface area contributed by atoms with E-state index in [1.165, 1.54) is 0 Å². The first kappa shape index (κ1) is 22.4. The molecule has 1 N–H and O–H groups in total. The lowest BCUT2D eigenvalue weighted by molar-refractivity contribution is 0.102. The number of hydrogen-bond donors (Lipinski definition) is 1. The van der Waals surface area contributed by atoms with Gasteiger partial charge in [-0.15, -0.1) is 0 Å². The van der Waals surface area contributed by atoms with Gasteiger partial charge >= 0.3 is 0 Å². The summed E-state index contributed by atoms with van der Waals surface area (Å²) in [5.41, 5.74) is 4.14. The van der Waals surface area contributed by atoms with Crippen molar-refractivity contribution in [2.75, 3.05) is 12.4 Å². The van der Waals surface area contributed by atoms with Crippen LogP contribution in [0.1, 0.15) is 27.3 Å². The Bertz CT molecular complexity index is 1280. The molecule has 0 aliphatic rings. The molecule has 4 aromatic rings. The Balaban J connectivity index is 1.49. The van der Waals surface area contributed by atoms with E-state index in [0.717, 1.165) is 17.0 Å². The maximum absolute atomic E-state index is 12.9. The molecule has 0 aliphatic heterocycles. The van der Waals surface area contributed by atoms with E-state index in [-0.39, 0.29) is 5.91 Å². The summed E-state index contributed by atoms with van der Waals surface area (Å²) in [5.74, 6) is 1.47. The Labute approximate surface area is 197 Å². The van der Waals surface area contributed by atoms with Gasteiger partial charge in [-0.05, 0) is 67.9 Å². The van der Waals surface area contributed by atoms with Crippen molar-refractivity contribution in [3.05, 3.63) is 100 Å². The lowest BCUT2D eigenvalue weighted by atomic mass is 10.1. The van der Waals surface area contributed by atoms with E-state index in [4.69, 9.17) is 21.1 Å². The van der Waals surface area contributed by atoms with Crippen LogP contribution in [-0.4, -0.2) is 22.8 Å². The molecule has 0 saturated heterocycles.